The highest BCUT2D eigenvalue weighted by Crippen LogP contribution is 2.33. The Morgan fingerprint density at radius 3 is 2.82 bits per heavy atom. The largest absolute Gasteiger partial charge is 0.338 e. The third-order valence-corrected chi connectivity index (χ3v) is 9.25. The first-order valence-electron chi connectivity index (χ1n) is 10.8. The fourth-order valence-corrected chi connectivity index (χ4v) is 6.95. The van der Waals surface area contributed by atoms with Gasteiger partial charge >= 0.3 is 0 Å². The second-order valence-electron chi connectivity index (χ2n) is 8.04. The summed E-state index contributed by atoms with van der Waals surface area (Å²) in [5.74, 6) is 0.0515. The predicted molar refractivity (Wildman–Crippen MR) is 132 cm³/mol. The van der Waals surface area contributed by atoms with E-state index in [-0.39, 0.29) is 23.3 Å². The SMILES string of the molecule is O=C(c1cccc(S(=O)(=O)NCc2cccs2)c1)N1CCC[C@@H](c2nc3ccccc3s2)C1. The van der Waals surface area contributed by atoms with Crippen molar-refractivity contribution in [3.63, 3.8) is 0 Å². The number of hydrogen-bond donors (Lipinski definition) is 1. The minimum Gasteiger partial charge on any atom is -0.338 e. The van der Waals surface area contributed by atoms with E-state index in [0.29, 0.717) is 18.7 Å². The van der Waals surface area contributed by atoms with E-state index < -0.39 is 10.0 Å². The Balaban J connectivity index is 1.31. The molecule has 0 aliphatic carbocycles. The summed E-state index contributed by atoms with van der Waals surface area (Å²) in [4.78, 5) is 20.9. The highest BCUT2D eigenvalue weighted by molar-refractivity contribution is 7.89. The van der Waals surface area contributed by atoms with Crippen LogP contribution in [0.5, 0.6) is 0 Å². The highest BCUT2D eigenvalue weighted by Gasteiger charge is 2.28. The first kappa shape index (κ1) is 22.2. The smallest absolute Gasteiger partial charge is 0.253 e. The van der Waals surface area contributed by atoms with Crippen LogP contribution in [0, 0.1) is 0 Å². The van der Waals surface area contributed by atoms with Crippen molar-refractivity contribution >= 4 is 48.8 Å². The summed E-state index contributed by atoms with van der Waals surface area (Å²) in [6.45, 7) is 1.48. The van der Waals surface area contributed by atoms with Gasteiger partial charge in [-0.25, -0.2) is 18.1 Å². The molecule has 2 aromatic heterocycles. The van der Waals surface area contributed by atoms with Crippen LogP contribution in [0.4, 0.5) is 0 Å². The van der Waals surface area contributed by atoms with E-state index in [1.165, 1.54) is 23.5 Å². The number of rotatable bonds is 6. The Morgan fingerprint density at radius 1 is 1.12 bits per heavy atom. The Bertz CT molecular complexity index is 1350. The Hall–Kier alpha value is -2.59. The number of carbonyl (C=O) groups excluding carboxylic acids is 1. The van der Waals surface area contributed by atoms with Crippen LogP contribution in [0.25, 0.3) is 10.2 Å². The summed E-state index contributed by atoms with van der Waals surface area (Å²) in [5, 5.41) is 2.96. The van der Waals surface area contributed by atoms with Crippen molar-refractivity contribution in [2.24, 2.45) is 0 Å². The zero-order valence-electron chi connectivity index (χ0n) is 17.8. The summed E-state index contributed by atoms with van der Waals surface area (Å²) in [6, 6.07) is 18.1. The molecule has 1 fully saturated rings. The second-order valence-corrected chi connectivity index (χ2v) is 11.9. The molecule has 3 heterocycles. The van der Waals surface area contributed by atoms with Crippen LogP contribution in [-0.2, 0) is 16.6 Å². The molecule has 1 aliphatic rings. The molecular formula is C24H23N3O3S3. The molecule has 170 valence electrons. The number of fused-ring (bicyclic) bond motifs is 1. The van der Waals surface area contributed by atoms with E-state index >= 15 is 0 Å². The summed E-state index contributed by atoms with van der Waals surface area (Å²) < 4.78 is 29.3. The molecule has 33 heavy (non-hydrogen) atoms. The molecule has 1 amide bonds. The lowest BCUT2D eigenvalue weighted by Crippen LogP contribution is -2.39. The van der Waals surface area contributed by atoms with Gasteiger partial charge in [0, 0.05) is 36.0 Å². The molecule has 2 aromatic carbocycles. The van der Waals surface area contributed by atoms with E-state index in [1.807, 2.05) is 40.6 Å². The van der Waals surface area contributed by atoms with E-state index in [4.69, 9.17) is 4.98 Å². The number of nitrogens with one attached hydrogen (secondary N) is 1. The average molecular weight is 498 g/mol. The van der Waals surface area contributed by atoms with Crippen LogP contribution < -0.4 is 4.72 Å². The van der Waals surface area contributed by atoms with E-state index in [0.717, 1.165) is 32.9 Å². The van der Waals surface area contributed by atoms with Crippen LogP contribution in [0.3, 0.4) is 0 Å². The maximum Gasteiger partial charge on any atom is 0.253 e. The van der Waals surface area contributed by atoms with Crippen molar-refractivity contribution in [3.8, 4) is 0 Å². The first-order chi connectivity index (χ1) is 16.0. The maximum absolute atomic E-state index is 13.3. The van der Waals surface area contributed by atoms with Crippen LogP contribution in [0.1, 0.15) is 39.0 Å². The molecule has 0 bridgehead atoms. The molecule has 1 N–H and O–H groups in total. The number of benzene rings is 2. The number of sulfonamides is 1. The Labute approximate surface area is 201 Å². The minimum atomic E-state index is -3.71. The molecular weight excluding hydrogens is 474 g/mol. The van der Waals surface area contributed by atoms with Gasteiger partial charge in [0.25, 0.3) is 5.91 Å². The second kappa shape index (κ2) is 9.34. The fourth-order valence-electron chi connectivity index (χ4n) is 4.07. The zero-order chi connectivity index (χ0) is 22.8. The fraction of sp³-hybridized carbons (Fsp3) is 0.250. The van der Waals surface area contributed by atoms with E-state index in [1.54, 1.807) is 23.5 Å². The molecule has 1 saturated heterocycles. The summed E-state index contributed by atoms with van der Waals surface area (Å²) in [5.41, 5.74) is 1.38. The molecule has 0 saturated carbocycles. The van der Waals surface area contributed by atoms with Gasteiger partial charge in [-0.2, -0.15) is 0 Å². The topological polar surface area (TPSA) is 79.4 Å². The van der Waals surface area contributed by atoms with Crippen LogP contribution in [0.15, 0.2) is 70.9 Å². The Morgan fingerprint density at radius 2 is 2.00 bits per heavy atom. The van der Waals surface area contributed by atoms with Crippen molar-refractivity contribution in [3.05, 3.63) is 81.5 Å². The van der Waals surface area contributed by atoms with Gasteiger partial charge in [-0.15, -0.1) is 22.7 Å². The monoisotopic (exact) mass is 497 g/mol. The number of para-hydroxylation sites is 1. The normalized spacial score (nSPS) is 16.8. The molecule has 6 nitrogen and oxygen atoms in total. The molecule has 0 radical (unpaired) electrons. The lowest BCUT2D eigenvalue weighted by atomic mass is 9.98. The summed E-state index contributed by atoms with van der Waals surface area (Å²) in [7, 11) is -3.71. The lowest BCUT2D eigenvalue weighted by molar-refractivity contribution is 0.0707. The van der Waals surface area contributed by atoms with Crippen molar-refractivity contribution < 1.29 is 13.2 Å². The minimum absolute atomic E-state index is 0.102. The average Bonchev–Trinajstić information content (AvgIpc) is 3.52. The number of nitrogens with zero attached hydrogens (tertiary/aromatic N) is 2. The van der Waals surface area contributed by atoms with Gasteiger partial charge in [0.05, 0.1) is 20.1 Å². The van der Waals surface area contributed by atoms with Gasteiger partial charge in [-0.1, -0.05) is 24.3 Å². The summed E-state index contributed by atoms with van der Waals surface area (Å²) in [6.07, 6.45) is 1.89. The first-order valence-corrected chi connectivity index (χ1v) is 13.9. The summed E-state index contributed by atoms with van der Waals surface area (Å²) >= 11 is 3.18. The lowest BCUT2D eigenvalue weighted by Gasteiger charge is -2.32. The third kappa shape index (κ3) is 4.86. The van der Waals surface area contributed by atoms with Crippen molar-refractivity contribution in [2.45, 2.75) is 30.2 Å². The van der Waals surface area contributed by atoms with Crippen molar-refractivity contribution in [1.29, 1.82) is 0 Å². The van der Waals surface area contributed by atoms with Gasteiger partial charge in [-0.05, 0) is 54.6 Å². The van der Waals surface area contributed by atoms with Gasteiger partial charge < -0.3 is 4.90 Å². The van der Waals surface area contributed by atoms with Crippen molar-refractivity contribution in [2.75, 3.05) is 13.1 Å². The molecule has 9 heteroatoms. The maximum atomic E-state index is 13.3. The van der Waals surface area contributed by atoms with E-state index in [2.05, 4.69) is 10.8 Å². The third-order valence-electron chi connectivity index (χ3n) is 5.78. The molecule has 1 atom stereocenters. The highest BCUT2D eigenvalue weighted by atomic mass is 32.2. The van der Waals surface area contributed by atoms with Gasteiger partial charge in [0.1, 0.15) is 0 Å². The Kier molecular flexibility index (Phi) is 6.29. The number of piperidine rings is 1. The number of thiazole rings is 1. The van der Waals surface area contributed by atoms with Gasteiger partial charge in [0.2, 0.25) is 10.0 Å². The number of amides is 1. The standard InChI is InChI=1S/C24H23N3O3S3/c28-24(17-6-3-9-20(14-17)33(29,30)25-15-19-8-5-13-31-19)27-12-4-7-18(16-27)23-26-21-10-1-2-11-22(21)32-23/h1-3,5-6,8-11,13-14,18,25H,4,7,12,15-16H2/t18-/m1/s1. The van der Waals surface area contributed by atoms with Crippen LogP contribution in [-0.4, -0.2) is 37.3 Å². The molecule has 0 unspecified atom stereocenters. The number of thiophene rings is 1. The molecule has 4 aromatic rings. The van der Waals surface area contributed by atoms with E-state index in [9.17, 15) is 13.2 Å². The predicted octanol–water partition coefficient (Wildman–Crippen LogP) is 4.86. The zero-order valence-corrected chi connectivity index (χ0v) is 20.3. The number of aromatic nitrogens is 1. The molecule has 5 rings (SSSR count). The van der Waals surface area contributed by atoms with Crippen LogP contribution in [0.2, 0.25) is 0 Å². The van der Waals surface area contributed by atoms with Crippen LogP contribution >= 0.6 is 22.7 Å². The van der Waals surface area contributed by atoms with Gasteiger partial charge in [-0.3, -0.25) is 4.79 Å². The van der Waals surface area contributed by atoms with Crippen molar-refractivity contribution in [1.82, 2.24) is 14.6 Å². The molecule has 0 spiro atoms. The molecule has 1 aliphatic heterocycles. The quantitative estimate of drug-likeness (QED) is 0.413. The number of likely N-dealkylation sites (tertiary alicyclic amines) is 1. The van der Waals surface area contributed by atoms with Gasteiger partial charge in [0.15, 0.2) is 0 Å². The number of hydrogen-bond acceptors (Lipinski definition) is 6. The number of carbonyl (C=O) groups is 1.